The largest absolute Gasteiger partial charge is 0.389 e. The SMILES string of the molecule is CC1(CN)CCN(C2COCC2O)C1. The maximum atomic E-state index is 9.69. The molecule has 2 heterocycles. The average molecular weight is 200 g/mol. The number of nitrogens with two attached hydrogens (primary N) is 1. The van der Waals surface area contributed by atoms with Crippen LogP contribution in [0.15, 0.2) is 0 Å². The maximum Gasteiger partial charge on any atom is 0.0950 e. The summed E-state index contributed by atoms with van der Waals surface area (Å²) in [4.78, 5) is 2.32. The number of rotatable bonds is 2. The first-order valence-corrected chi connectivity index (χ1v) is 5.34. The average Bonchev–Trinajstić information content (AvgIpc) is 2.73. The van der Waals surface area contributed by atoms with Gasteiger partial charge in [-0.15, -0.1) is 0 Å². The standard InChI is InChI=1S/C10H20N2O2/c1-10(6-11)2-3-12(7-10)8-4-14-5-9(8)13/h8-9,13H,2-7,11H2,1H3. The lowest BCUT2D eigenvalue weighted by Crippen LogP contribution is -2.43. The van der Waals surface area contributed by atoms with Crippen LogP contribution in [0, 0.1) is 5.41 Å². The summed E-state index contributed by atoms with van der Waals surface area (Å²) in [6, 6.07) is 0.198. The highest BCUT2D eigenvalue weighted by Crippen LogP contribution is 2.31. The van der Waals surface area contributed by atoms with Crippen molar-refractivity contribution >= 4 is 0 Å². The summed E-state index contributed by atoms with van der Waals surface area (Å²) in [6.45, 7) is 6.14. The molecule has 14 heavy (non-hydrogen) atoms. The van der Waals surface area contributed by atoms with Gasteiger partial charge in [0, 0.05) is 6.54 Å². The van der Waals surface area contributed by atoms with Gasteiger partial charge in [0.1, 0.15) is 0 Å². The Morgan fingerprint density at radius 1 is 1.57 bits per heavy atom. The zero-order chi connectivity index (χ0) is 10.2. The molecule has 2 saturated heterocycles. The highest BCUT2D eigenvalue weighted by Gasteiger charge is 2.40. The zero-order valence-electron chi connectivity index (χ0n) is 8.78. The van der Waals surface area contributed by atoms with Crippen LogP contribution in [0.25, 0.3) is 0 Å². The minimum absolute atomic E-state index is 0.198. The van der Waals surface area contributed by atoms with E-state index in [0.29, 0.717) is 13.2 Å². The van der Waals surface area contributed by atoms with Crippen LogP contribution in [-0.4, -0.2) is 55.0 Å². The Morgan fingerprint density at radius 3 is 2.86 bits per heavy atom. The smallest absolute Gasteiger partial charge is 0.0950 e. The first-order chi connectivity index (χ1) is 6.64. The van der Waals surface area contributed by atoms with Gasteiger partial charge in [-0.3, -0.25) is 4.90 Å². The molecule has 3 N–H and O–H groups in total. The van der Waals surface area contributed by atoms with Crippen LogP contribution in [0.2, 0.25) is 0 Å². The highest BCUT2D eigenvalue weighted by atomic mass is 16.5. The number of aliphatic hydroxyl groups is 1. The summed E-state index contributed by atoms with van der Waals surface area (Å²) >= 11 is 0. The van der Waals surface area contributed by atoms with Crippen LogP contribution in [0.5, 0.6) is 0 Å². The topological polar surface area (TPSA) is 58.7 Å². The van der Waals surface area contributed by atoms with Gasteiger partial charge >= 0.3 is 0 Å². The highest BCUT2D eigenvalue weighted by molar-refractivity contribution is 4.93. The Morgan fingerprint density at radius 2 is 2.36 bits per heavy atom. The van der Waals surface area contributed by atoms with Crippen molar-refractivity contribution in [2.45, 2.75) is 25.5 Å². The molecule has 0 amide bonds. The summed E-state index contributed by atoms with van der Waals surface area (Å²) in [7, 11) is 0. The van der Waals surface area contributed by atoms with Crippen molar-refractivity contribution in [3.05, 3.63) is 0 Å². The number of aliphatic hydroxyl groups excluding tert-OH is 1. The molecule has 3 unspecified atom stereocenters. The van der Waals surface area contributed by atoms with E-state index < -0.39 is 0 Å². The predicted octanol–water partition coefficient (Wildman–Crippen LogP) is -0.583. The number of hydrogen-bond acceptors (Lipinski definition) is 4. The molecule has 0 aliphatic carbocycles. The van der Waals surface area contributed by atoms with Gasteiger partial charge in [0.05, 0.1) is 25.4 Å². The summed E-state index contributed by atoms with van der Waals surface area (Å²) in [6.07, 6.45) is 0.822. The normalized spacial score (nSPS) is 44.8. The second-order valence-electron chi connectivity index (χ2n) is 4.91. The molecule has 2 rings (SSSR count). The molecular weight excluding hydrogens is 180 g/mol. The lowest BCUT2D eigenvalue weighted by Gasteiger charge is -2.27. The monoisotopic (exact) mass is 200 g/mol. The molecule has 4 nitrogen and oxygen atoms in total. The summed E-state index contributed by atoms with van der Waals surface area (Å²) in [5, 5.41) is 9.69. The molecule has 0 bridgehead atoms. The summed E-state index contributed by atoms with van der Waals surface area (Å²) in [5.74, 6) is 0. The van der Waals surface area contributed by atoms with Crippen molar-refractivity contribution in [3.8, 4) is 0 Å². The molecule has 0 saturated carbocycles. The molecule has 82 valence electrons. The van der Waals surface area contributed by atoms with Gasteiger partial charge in [-0.1, -0.05) is 6.92 Å². The van der Waals surface area contributed by atoms with E-state index in [1.54, 1.807) is 0 Å². The van der Waals surface area contributed by atoms with Gasteiger partial charge in [0.2, 0.25) is 0 Å². The predicted molar refractivity (Wildman–Crippen MR) is 54.0 cm³/mol. The summed E-state index contributed by atoms with van der Waals surface area (Å²) < 4.78 is 5.26. The molecule has 0 aromatic heterocycles. The van der Waals surface area contributed by atoms with E-state index >= 15 is 0 Å². The Balaban J connectivity index is 1.95. The van der Waals surface area contributed by atoms with Crippen molar-refractivity contribution in [2.75, 3.05) is 32.8 Å². The Hall–Kier alpha value is -0.160. The third-order valence-corrected chi connectivity index (χ3v) is 3.57. The number of ether oxygens (including phenoxy) is 1. The Bertz CT molecular complexity index is 212. The second-order valence-corrected chi connectivity index (χ2v) is 4.91. The minimum Gasteiger partial charge on any atom is -0.389 e. The van der Waals surface area contributed by atoms with Gasteiger partial charge in [0.25, 0.3) is 0 Å². The molecule has 2 fully saturated rings. The van der Waals surface area contributed by atoms with E-state index in [1.165, 1.54) is 0 Å². The molecule has 3 atom stereocenters. The molecule has 0 aromatic rings. The van der Waals surface area contributed by atoms with Crippen molar-refractivity contribution in [3.63, 3.8) is 0 Å². The van der Waals surface area contributed by atoms with Gasteiger partial charge in [-0.05, 0) is 24.9 Å². The first-order valence-electron chi connectivity index (χ1n) is 5.34. The van der Waals surface area contributed by atoms with Gasteiger partial charge in [-0.25, -0.2) is 0 Å². The molecule has 0 aromatic carbocycles. The van der Waals surface area contributed by atoms with Crippen molar-refractivity contribution in [1.29, 1.82) is 0 Å². The van der Waals surface area contributed by atoms with E-state index in [9.17, 15) is 5.11 Å². The van der Waals surface area contributed by atoms with E-state index in [1.807, 2.05) is 0 Å². The van der Waals surface area contributed by atoms with Crippen molar-refractivity contribution in [2.24, 2.45) is 11.1 Å². The quantitative estimate of drug-likeness (QED) is 0.626. The van der Waals surface area contributed by atoms with E-state index in [0.717, 1.165) is 26.1 Å². The first kappa shape index (κ1) is 10.4. The third-order valence-electron chi connectivity index (χ3n) is 3.57. The molecule has 2 aliphatic rings. The second kappa shape index (κ2) is 3.77. The van der Waals surface area contributed by atoms with Crippen molar-refractivity contribution in [1.82, 2.24) is 4.90 Å². The number of likely N-dealkylation sites (tertiary alicyclic amines) is 1. The van der Waals surface area contributed by atoms with Gasteiger partial charge in [-0.2, -0.15) is 0 Å². The van der Waals surface area contributed by atoms with Crippen LogP contribution in [-0.2, 0) is 4.74 Å². The summed E-state index contributed by atoms with van der Waals surface area (Å²) in [5.41, 5.74) is 5.98. The Kier molecular flexibility index (Phi) is 2.79. The fraction of sp³-hybridized carbons (Fsp3) is 1.00. The van der Waals surface area contributed by atoms with Crippen LogP contribution in [0.3, 0.4) is 0 Å². The molecule has 0 radical (unpaired) electrons. The van der Waals surface area contributed by atoms with E-state index in [2.05, 4.69) is 11.8 Å². The molecule has 4 heteroatoms. The fourth-order valence-corrected chi connectivity index (χ4v) is 2.39. The molecule has 0 spiro atoms. The van der Waals surface area contributed by atoms with Crippen LogP contribution < -0.4 is 5.73 Å². The van der Waals surface area contributed by atoms with Crippen molar-refractivity contribution < 1.29 is 9.84 Å². The zero-order valence-corrected chi connectivity index (χ0v) is 8.78. The molecular formula is C10H20N2O2. The third kappa shape index (κ3) is 1.80. The fourth-order valence-electron chi connectivity index (χ4n) is 2.39. The van der Waals surface area contributed by atoms with Gasteiger partial charge < -0.3 is 15.6 Å². The van der Waals surface area contributed by atoms with E-state index in [-0.39, 0.29) is 17.6 Å². The number of nitrogens with zero attached hydrogens (tertiary/aromatic N) is 1. The van der Waals surface area contributed by atoms with Crippen LogP contribution in [0.1, 0.15) is 13.3 Å². The van der Waals surface area contributed by atoms with Gasteiger partial charge in [0.15, 0.2) is 0 Å². The lowest BCUT2D eigenvalue weighted by molar-refractivity contribution is 0.0895. The van der Waals surface area contributed by atoms with E-state index in [4.69, 9.17) is 10.5 Å². The van der Waals surface area contributed by atoms with Crippen LogP contribution >= 0.6 is 0 Å². The lowest BCUT2D eigenvalue weighted by atomic mass is 9.90. The van der Waals surface area contributed by atoms with Crippen LogP contribution in [0.4, 0.5) is 0 Å². The molecule has 2 aliphatic heterocycles. The Labute approximate surface area is 85.0 Å². The maximum absolute atomic E-state index is 9.69. The minimum atomic E-state index is -0.310. The number of hydrogen-bond donors (Lipinski definition) is 2.